The highest BCUT2D eigenvalue weighted by Gasteiger charge is 2.38. The van der Waals surface area contributed by atoms with Gasteiger partial charge < -0.3 is 18.7 Å². The summed E-state index contributed by atoms with van der Waals surface area (Å²) in [5.41, 5.74) is 3.00. The zero-order valence-corrected chi connectivity index (χ0v) is 16.5. The van der Waals surface area contributed by atoms with Crippen LogP contribution in [0.4, 0.5) is 0 Å². The van der Waals surface area contributed by atoms with Crippen LogP contribution >= 0.6 is 0 Å². The summed E-state index contributed by atoms with van der Waals surface area (Å²) in [6.45, 7) is 0.455. The van der Waals surface area contributed by atoms with Gasteiger partial charge in [0.1, 0.15) is 23.1 Å². The number of aryl methyl sites for hydroxylation is 1. The van der Waals surface area contributed by atoms with Crippen LogP contribution in [0.1, 0.15) is 33.9 Å². The molecule has 6 rings (SSSR count). The van der Waals surface area contributed by atoms with Gasteiger partial charge in [0, 0.05) is 37.3 Å². The van der Waals surface area contributed by atoms with Crippen LogP contribution in [-0.4, -0.2) is 47.3 Å². The lowest BCUT2D eigenvalue weighted by atomic mass is 10.00. The van der Waals surface area contributed by atoms with E-state index in [1.807, 2.05) is 30.3 Å². The third-order valence-corrected chi connectivity index (χ3v) is 5.44. The normalized spacial score (nSPS) is 16.0. The number of amides is 1. The Labute approximate surface area is 175 Å². The lowest BCUT2D eigenvalue weighted by Crippen LogP contribution is -2.40. The Bertz CT molecular complexity index is 1380. The molecule has 0 saturated carbocycles. The zero-order valence-electron chi connectivity index (χ0n) is 16.5. The van der Waals surface area contributed by atoms with Crippen molar-refractivity contribution in [1.29, 1.82) is 0 Å². The van der Waals surface area contributed by atoms with Crippen molar-refractivity contribution in [3.8, 4) is 11.6 Å². The van der Waals surface area contributed by atoms with Gasteiger partial charge in [-0.2, -0.15) is 5.10 Å². The molecule has 1 N–H and O–H groups in total. The van der Waals surface area contributed by atoms with Gasteiger partial charge >= 0.3 is 11.8 Å². The van der Waals surface area contributed by atoms with Crippen LogP contribution in [0.5, 0.6) is 0 Å². The molecule has 1 aliphatic heterocycles. The van der Waals surface area contributed by atoms with Crippen LogP contribution in [-0.2, 0) is 13.5 Å². The second-order valence-corrected chi connectivity index (χ2v) is 7.39. The number of aromatic amines is 1. The number of hydrogen-bond acceptors (Lipinski definition) is 7. The fraction of sp³-hybridized carbons (Fsp3) is 0.190. The van der Waals surface area contributed by atoms with Crippen LogP contribution in [0.3, 0.4) is 0 Å². The van der Waals surface area contributed by atoms with Crippen molar-refractivity contribution < 1.29 is 13.6 Å². The first-order chi connectivity index (χ1) is 15.2. The third kappa shape index (κ3) is 2.83. The van der Waals surface area contributed by atoms with E-state index in [-0.39, 0.29) is 17.7 Å². The maximum atomic E-state index is 13.4. The van der Waals surface area contributed by atoms with Crippen LogP contribution in [0.15, 0.2) is 57.8 Å². The van der Waals surface area contributed by atoms with Crippen molar-refractivity contribution in [2.75, 3.05) is 6.54 Å². The van der Waals surface area contributed by atoms with Crippen LogP contribution in [0, 0.1) is 0 Å². The van der Waals surface area contributed by atoms with Gasteiger partial charge in [-0.3, -0.25) is 9.48 Å². The topological polar surface area (TPSA) is 119 Å². The van der Waals surface area contributed by atoms with Crippen molar-refractivity contribution in [2.45, 2.75) is 12.5 Å². The number of furan rings is 1. The predicted octanol–water partition coefficient (Wildman–Crippen LogP) is 2.73. The summed E-state index contributed by atoms with van der Waals surface area (Å²) in [5.74, 6) is 0.350. The fourth-order valence-electron chi connectivity index (χ4n) is 3.99. The number of benzene rings is 1. The first-order valence-electron chi connectivity index (χ1n) is 9.82. The maximum absolute atomic E-state index is 13.4. The lowest BCUT2D eigenvalue weighted by molar-refractivity contribution is 0.0632. The number of fused-ring (bicyclic) bond motifs is 2. The molecular weight excluding hydrogens is 398 g/mol. The molecule has 31 heavy (non-hydrogen) atoms. The lowest BCUT2D eigenvalue weighted by Gasteiger charge is -2.32. The van der Waals surface area contributed by atoms with Crippen molar-refractivity contribution >= 4 is 16.9 Å². The zero-order chi connectivity index (χ0) is 20.9. The molecule has 0 bridgehead atoms. The van der Waals surface area contributed by atoms with E-state index in [1.54, 1.807) is 35.2 Å². The van der Waals surface area contributed by atoms with E-state index in [4.69, 9.17) is 8.83 Å². The van der Waals surface area contributed by atoms with Gasteiger partial charge in [0.05, 0.1) is 12.0 Å². The minimum atomic E-state index is -0.500. The van der Waals surface area contributed by atoms with Gasteiger partial charge in [0.15, 0.2) is 0 Å². The molecule has 0 radical (unpaired) electrons. The van der Waals surface area contributed by atoms with E-state index in [9.17, 15) is 4.79 Å². The quantitative estimate of drug-likeness (QED) is 0.481. The number of carbonyl (C=O) groups excluding carboxylic acids is 1. The van der Waals surface area contributed by atoms with Crippen LogP contribution < -0.4 is 0 Å². The molecule has 0 fully saturated rings. The Morgan fingerprint density at radius 1 is 1.19 bits per heavy atom. The number of H-pyrrole nitrogens is 1. The number of aromatic nitrogens is 6. The molecule has 1 atom stereocenters. The van der Waals surface area contributed by atoms with Gasteiger partial charge in [0.25, 0.3) is 5.89 Å². The number of hydrogen-bond donors (Lipinski definition) is 1. The van der Waals surface area contributed by atoms with Crippen molar-refractivity contribution in [3.05, 3.63) is 72.0 Å². The second kappa shape index (κ2) is 6.66. The number of imidazole rings is 1. The number of nitrogens with one attached hydrogen (secondary N) is 1. The Hall–Kier alpha value is -4.21. The molecule has 0 unspecified atom stereocenters. The molecule has 4 aromatic heterocycles. The van der Waals surface area contributed by atoms with E-state index in [0.717, 1.165) is 22.4 Å². The summed E-state index contributed by atoms with van der Waals surface area (Å²) in [6, 6.07) is 10.9. The first kappa shape index (κ1) is 17.6. The highest BCUT2D eigenvalue weighted by Crippen LogP contribution is 2.37. The first-order valence-corrected chi connectivity index (χ1v) is 9.82. The fourth-order valence-corrected chi connectivity index (χ4v) is 3.99. The van der Waals surface area contributed by atoms with Crippen molar-refractivity contribution in [3.63, 3.8) is 0 Å². The Morgan fingerprint density at radius 2 is 2.10 bits per heavy atom. The van der Waals surface area contributed by atoms with Gasteiger partial charge in [-0.25, -0.2) is 4.98 Å². The van der Waals surface area contributed by atoms with Crippen LogP contribution in [0.25, 0.3) is 22.6 Å². The SMILES string of the molecule is Cn1ccc(-c2nnc(C(=O)N3CCc4[nH]cnc4[C@H]3c3cc4ccccc4o3)o2)n1. The largest absolute Gasteiger partial charge is 0.458 e. The third-order valence-electron chi connectivity index (χ3n) is 5.44. The summed E-state index contributed by atoms with van der Waals surface area (Å²) < 4.78 is 13.4. The van der Waals surface area contributed by atoms with Gasteiger partial charge in [-0.15, -0.1) is 10.2 Å². The minimum Gasteiger partial charge on any atom is -0.458 e. The molecular formula is C21H17N7O3. The molecule has 0 spiro atoms. The number of rotatable bonds is 3. The van der Waals surface area contributed by atoms with Gasteiger partial charge in [-0.1, -0.05) is 18.2 Å². The van der Waals surface area contributed by atoms with Crippen LogP contribution in [0.2, 0.25) is 0 Å². The van der Waals surface area contributed by atoms with Crippen molar-refractivity contribution in [1.82, 2.24) is 34.8 Å². The molecule has 5 heterocycles. The standard InChI is InChI=1S/C21H17N7O3/c1-27-8-6-14(26-27)19-24-25-20(31-19)21(29)28-9-7-13-17(23-11-22-13)18(28)16-10-12-4-2-3-5-15(12)30-16/h2-6,8,10-11,18H,7,9H2,1H3,(H,22,23)/t18-/m1/s1. The van der Waals surface area contributed by atoms with E-state index >= 15 is 0 Å². The highest BCUT2D eigenvalue weighted by atomic mass is 16.4. The predicted molar refractivity (Wildman–Crippen MR) is 108 cm³/mol. The molecule has 5 aromatic rings. The van der Waals surface area contributed by atoms with E-state index in [1.165, 1.54) is 0 Å². The number of nitrogens with zero attached hydrogens (tertiary/aromatic N) is 6. The Morgan fingerprint density at radius 3 is 2.94 bits per heavy atom. The molecule has 1 amide bonds. The summed E-state index contributed by atoms with van der Waals surface area (Å²) in [7, 11) is 1.79. The smallest absolute Gasteiger partial charge is 0.312 e. The molecule has 154 valence electrons. The van der Waals surface area contributed by atoms with Gasteiger partial charge in [-0.05, 0) is 18.2 Å². The van der Waals surface area contributed by atoms with E-state index < -0.39 is 6.04 Å². The van der Waals surface area contributed by atoms with E-state index in [2.05, 4.69) is 25.3 Å². The van der Waals surface area contributed by atoms with Gasteiger partial charge in [0.2, 0.25) is 0 Å². The summed E-state index contributed by atoms with van der Waals surface area (Å²) >= 11 is 0. The molecule has 10 nitrogen and oxygen atoms in total. The summed E-state index contributed by atoms with van der Waals surface area (Å²) in [4.78, 5) is 22.7. The molecule has 0 saturated heterocycles. The highest BCUT2D eigenvalue weighted by molar-refractivity contribution is 5.90. The molecule has 0 aliphatic carbocycles. The molecule has 1 aromatic carbocycles. The number of para-hydroxylation sites is 1. The Balaban J connectivity index is 1.40. The molecule has 1 aliphatic rings. The average Bonchev–Trinajstić information content (AvgIpc) is 3.57. The van der Waals surface area contributed by atoms with E-state index in [0.29, 0.717) is 24.4 Å². The van der Waals surface area contributed by atoms with Crippen molar-refractivity contribution in [2.24, 2.45) is 7.05 Å². The summed E-state index contributed by atoms with van der Waals surface area (Å²) in [5, 5.41) is 13.2. The Kier molecular flexibility index (Phi) is 3.79. The summed E-state index contributed by atoms with van der Waals surface area (Å²) in [6.07, 6.45) is 4.04. The number of carbonyl (C=O) groups is 1. The minimum absolute atomic E-state index is 0.0965. The monoisotopic (exact) mass is 415 g/mol. The second-order valence-electron chi connectivity index (χ2n) is 7.39. The maximum Gasteiger partial charge on any atom is 0.312 e. The molecule has 10 heteroatoms. The average molecular weight is 415 g/mol.